The second-order valence-electron chi connectivity index (χ2n) is 6.52. The first kappa shape index (κ1) is 16.7. The Labute approximate surface area is 141 Å². The molecule has 1 heterocycles. The van der Waals surface area contributed by atoms with Crippen molar-refractivity contribution >= 4 is 11.8 Å². The summed E-state index contributed by atoms with van der Waals surface area (Å²) in [7, 11) is 4.01. The molecule has 0 aromatic heterocycles. The van der Waals surface area contributed by atoms with Gasteiger partial charge in [0.15, 0.2) is 6.61 Å². The summed E-state index contributed by atoms with van der Waals surface area (Å²) in [5.74, 6) is 0.243. The highest BCUT2D eigenvalue weighted by Crippen LogP contribution is 2.41. The lowest BCUT2D eigenvalue weighted by molar-refractivity contribution is -0.119. The van der Waals surface area contributed by atoms with E-state index in [9.17, 15) is 9.59 Å². The molecular weight excluding hydrogens is 310 g/mol. The molecule has 4 atom stereocenters. The molecule has 2 amide bonds. The number of hydrogen-bond donors (Lipinski definition) is 2. The molecule has 7 heteroatoms. The Kier molecular flexibility index (Phi) is 4.73. The van der Waals surface area contributed by atoms with Crippen molar-refractivity contribution in [3.05, 3.63) is 29.8 Å². The lowest BCUT2D eigenvalue weighted by Gasteiger charge is -2.50. The third-order valence-electron chi connectivity index (χ3n) is 4.74. The van der Waals surface area contributed by atoms with Gasteiger partial charge in [0.2, 0.25) is 0 Å². The summed E-state index contributed by atoms with van der Waals surface area (Å²) in [5.41, 5.74) is 5.59. The number of carbonyl (C=O) groups is 2. The Morgan fingerprint density at radius 3 is 2.67 bits per heavy atom. The first-order chi connectivity index (χ1) is 11.5. The van der Waals surface area contributed by atoms with Crippen molar-refractivity contribution in [3.8, 4) is 5.75 Å². The SMILES string of the molecule is CN(C)[C@@H]1[C@@H](NC(=O)c2ccc(OCC(N)=O)cc2)[C@H]2CCO[C@H]21. The summed E-state index contributed by atoms with van der Waals surface area (Å²) in [5, 5.41) is 3.13. The third kappa shape index (κ3) is 3.22. The van der Waals surface area contributed by atoms with Crippen LogP contribution in [-0.2, 0) is 9.53 Å². The number of ether oxygens (including phenoxy) is 2. The first-order valence-corrected chi connectivity index (χ1v) is 8.07. The molecule has 1 aliphatic heterocycles. The highest BCUT2D eigenvalue weighted by atomic mass is 16.5. The van der Waals surface area contributed by atoms with Crippen LogP contribution < -0.4 is 15.8 Å². The van der Waals surface area contributed by atoms with Gasteiger partial charge in [0.05, 0.1) is 18.2 Å². The minimum atomic E-state index is -0.537. The van der Waals surface area contributed by atoms with Gasteiger partial charge in [-0.15, -0.1) is 0 Å². The fraction of sp³-hybridized carbons (Fsp3) is 0.529. The van der Waals surface area contributed by atoms with Crippen molar-refractivity contribution in [2.75, 3.05) is 27.3 Å². The Balaban J connectivity index is 1.61. The molecule has 0 bridgehead atoms. The number of nitrogens with zero attached hydrogens (tertiary/aromatic N) is 1. The molecule has 0 unspecified atom stereocenters. The van der Waals surface area contributed by atoms with Crippen LogP contribution in [0, 0.1) is 5.92 Å². The number of benzene rings is 1. The fourth-order valence-corrected chi connectivity index (χ4v) is 3.58. The Morgan fingerprint density at radius 1 is 1.33 bits per heavy atom. The molecule has 3 N–H and O–H groups in total. The largest absolute Gasteiger partial charge is 0.484 e. The number of fused-ring (bicyclic) bond motifs is 1. The van der Waals surface area contributed by atoms with Crippen LogP contribution in [-0.4, -0.2) is 62.2 Å². The number of hydrogen-bond acceptors (Lipinski definition) is 5. The quantitative estimate of drug-likeness (QED) is 0.764. The van der Waals surface area contributed by atoms with Crippen LogP contribution in [0.4, 0.5) is 0 Å². The summed E-state index contributed by atoms with van der Waals surface area (Å²) in [4.78, 5) is 25.3. The average molecular weight is 333 g/mol. The van der Waals surface area contributed by atoms with Crippen LogP contribution in [0.15, 0.2) is 24.3 Å². The van der Waals surface area contributed by atoms with E-state index in [4.69, 9.17) is 15.2 Å². The average Bonchev–Trinajstić information content (AvgIpc) is 2.94. The third-order valence-corrected chi connectivity index (χ3v) is 4.74. The predicted molar refractivity (Wildman–Crippen MR) is 87.7 cm³/mol. The zero-order valence-electron chi connectivity index (χ0n) is 13.9. The van der Waals surface area contributed by atoms with Crippen LogP contribution in [0.25, 0.3) is 0 Å². The molecule has 1 saturated carbocycles. The molecule has 3 rings (SSSR count). The van der Waals surface area contributed by atoms with Crippen LogP contribution in [0.2, 0.25) is 0 Å². The normalized spacial score (nSPS) is 28.1. The Morgan fingerprint density at radius 2 is 2.04 bits per heavy atom. The molecule has 1 saturated heterocycles. The maximum absolute atomic E-state index is 12.5. The Bertz CT molecular complexity index is 617. The van der Waals surface area contributed by atoms with E-state index in [0.29, 0.717) is 17.2 Å². The van der Waals surface area contributed by atoms with Gasteiger partial charge >= 0.3 is 0 Å². The first-order valence-electron chi connectivity index (χ1n) is 8.07. The highest BCUT2D eigenvalue weighted by molar-refractivity contribution is 5.94. The number of amides is 2. The van der Waals surface area contributed by atoms with Crippen molar-refractivity contribution < 1.29 is 19.1 Å². The predicted octanol–water partition coefficient (Wildman–Crippen LogP) is -0.00200. The molecule has 0 radical (unpaired) electrons. The zero-order valence-corrected chi connectivity index (χ0v) is 13.9. The van der Waals surface area contributed by atoms with Crippen molar-refractivity contribution in [3.63, 3.8) is 0 Å². The van der Waals surface area contributed by atoms with Gasteiger partial charge in [0.25, 0.3) is 11.8 Å². The van der Waals surface area contributed by atoms with Gasteiger partial charge in [-0.2, -0.15) is 0 Å². The molecular formula is C17H23N3O4. The van der Waals surface area contributed by atoms with E-state index < -0.39 is 5.91 Å². The van der Waals surface area contributed by atoms with Crippen molar-refractivity contribution in [2.45, 2.75) is 24.6 Å². The van der Waals surface area contributed by atoms with E-state index in [-0.39, 0.29) is 30.7 Å². The number of nitrogens with two attached hydrogens (primary N) is 1. The lowest BCUT2D eigenvalue weighted by atomic mass is 9.71. The molecule has 0 spiro atoms. The van der Waals surface area contributed by atoms with Crippen LogP contribution in [0.5, 0.6) is 5.75 Å². The lowest BCUT2D eigenvalue weighted by Crippen LogP contribution is -2.69. The van der Waals surface area contributed by atoms with Crippen LogP contribution in [0.1, 0.15) is 16.8 Å². The Hall–Kier alpha value is -2.12. The van der Waals surface area contributed by atoms with Gasteiger partial charge in [-0.25, -0.2) is 0 Å². The van der Waals surface area contributed by atoms with E-state index in [1.165, 1.54) is 0 Å². The molecule has 1 aliphatic carbocycles. The van der Waals surface area contributed by atoms with E-state index in [0.717, 1.165) is 13.0 Å². The van der Waals surface area contributed by atoms with E-state index in [2.05, 4.69) is 10.2 Å². The number of primary amides is 1. The summed E-state index contributed by atoms with van der Waals surface area (Å²) < 4.78 is 10.9. The maximum Gasteiger partial charge on any atom is 0.255 e. The van der Waals surface area contributed by atoms with Gasteiger partial charge in [-0.05, 0) is 44.8 Å². The second-order valence-corrected chi connectivity index (χ2v) is 6.52. The van der Waals surface area contributed by atoms with Crippen LogP contribution >= 0.6 is 0 Å². The summed E-state index contributed by atoms with van der Waals surface area (Å²) in [6.45, 7) is 0.582. The van der Waals surface area contributed by atoms with E-state index >= 15 is 0 Å². The molecule has 130 valence electrons. The van der Waals surface area contributed by atoms with E-state index in [1.54, 1.807) is 24.3 Å². The minimum absolute atomic E-state index is 0.103. The van der Waals surface area contributed by atoms with Gasteiger partial charge in [-0.3, -0.25) is 9.59 Å². The second kappa shape index (κ2) is 6.78. The van der Waals surface area contributed by atoms with Crippen molar-refractivity contribution in [2.24, 2.45) is 11.7 Å². The molecule has 2 fully saturated rings. The monoisotopic (exact) mass is 333 g/mol. The molecule has 1 aromatic carbocycles. The van der Waals surface area contributed by atoms with Crippen molar-refractivity contribution in [1.82, 2.24) is 10.2 Å². The highest BCUT2D eigenvalue weighted by Gasteiger charge is 2.55. The zero-order chi connectivity index (χ0) is 17.3. The van der Waals surface area contributed by atoms with E-state index in [1.807, 2.05) is 14.1 Å². The van der Waals surface area contributed by atoms with Gasteiger partial charge in [0, 0.05) is 18.1 Å². The summed E-state index contributed by atoms with van der Waals surface area (Å²) in [6, 6.07) is 6.98. The smallest absolute Gasteiger partial charge is 0.255 e. The fourth-order valence-electron chi connectivity index (χ4n) is 3.58. The molecule has 1 aromatic rings. The molecule has 24 heavy (non-hydrogen) atoms. The number of rotatable bonds is 6. The van der Waals surface area contributed by atoms with Crippen molar-refractivity contribution in [1.29, 1.82) is 0 Å². The summed E-state index contributed by atoms with van der Waals surface area (Å²) >= 11 is 0. The van der Waals surface area contributed by atoms with Crippen LogP contribution in [0.3, 0.4) is 0 Å². The summed E-state index contributed by atoms with van der Waals surface area (Å²) in [6.07, 6.45) is 1.20. The number of nitrogens with one attached hydrogen (secondary N) is 1. The van der Waals surface area contributed by atoms with Gasteiger partial charge < -0.3 is 25.4 Å². The molecule has 2 aliphatic rings. The van der Waals surface area contributed by atoms with Gasteiger partial charge in [-0.1, -0.05) is 0 Å². The standard InChI is InChI=1S/C17H23N3O4/c1-20(2)15-14(12-7-8-23-16(12)15)19-17(22)10-3-5-11(6-4-10)24-9-13(18)21/h3-6,12,14-16H,7-9H2,1-2H3,(H2,18,21)(H,19,22)/t12-,14+,15-,16-/m1/s1. The number of likely N-dealkylation sites (N-methyl/N-ethyl adjacent to an activating group) is 1. The van der Waals surface area contributed by atoms with Gasteiger partial charge in [0.1, 0.15) is 5.75 Å². The maximum atomic E-state index is 12.5. The topological polar surface area (TPSA) is 93.9 Å². The minimum Gasteiger partial charge on any atom is -0.484 e. The molecule has 7 nitrogen and oxygen atoms in total. The number of carbonyl (C=O) groups excluding carboxylic acids is 2.